The Morgan fingerprint density at radius 1 is 1.31 bits per heavy atom. The molecule has 4 bridgehead atoms. The van der Waals surface area contributed by atoms with Crippen molar-refractivity contribution in [3.05, 3.63) is 0 Å². The van der Waals surface area contributed by atoms with Gasteiger partial charge in [0.05, 0.1) is 0 Å². The first-order valence-corrected chi connectivity index (χ1v) is 5.58. The quantitative estimate of drug-likeness (QED) is 0.607. The van der Waals surface area contributed by atoms with Gasteiger partial charge in [-0.05, 0) is 47.8 Å². The van der Waals surface area contributed by atoms with Crippen molar-refractivity contribution in [3.63, 3.8) is 0 Å². The summed E-state index contributed by atoms with van der Waals surface area (Å²) in [6.45, 7) is 4.91. The first kappa shape index (κ1) is 8.02. The zero-order valence-electron chi connectivity index (χ0n) is 8.55. The van der Waals surface area contributed by atoms with Gasteiger partial charge in [-0.3, -0.25) is 0 Å². The number of hydrogen-bond donors (Lipinski definition) is 0. The Kier molecular flexibility index (Phi) is 1.24. The van der Waals surface area contributed by atoms with E-state index in [2.05, 4.69) is 13.8 Å². The van der Waals surface area contributed by atoms with E-state index in [9.17, 15) is 4.79 Å². The first-order chi connectivity index (χ1) is 6.14. The van der Waals surface area contributed by atoms with Gasteiger partial charge in [0.1, 0.15) is 6.29 Å². The van der Waals surface area contributed by atoms with Crippen LogP contribution < -0.4 is 0 Å². The fourth-order valence-corrected chi connectivity index (χ4v) is 4.86. The van der Waals surface area contributed by atoms with E-state index in [1.54, 1.807) is 0 Å². The van der Waals surface area contributed by atoms with Crippen LogP contribution in [0, 0.1) is 28.6 Å². The van der Waals surface area contributed by atoms with E-state index in [0.717, 1.165) is 36.9 Å². The highest BCUT2D eigenvalue weighted by Crippen LogP contribution is 2.86. The van der Waals surface area contributed by atoms with Crippen LogP contribution in [0.25, 0.3) is 0 Å². The second kappa shape index (κ2) is 2.02. The van der Waals surface area contributed by atoms with E-state index in [0.29, 0.717) is 10.8 Å². The number of hydrogen-bond acceptors (Lipinski definition) is 1. The zero-order chi connectivity index (χ0) is 9.27. The predicted molar refractivity (Wildman–Crippen MR) is 51.2 cm³/mol. The normalized spacial score (nSPS) is 61.2. The standard InChI is InChI=1S/C12H18O/c1-11(4-3-5-13)8-6-9-10(7-8)12(9,11)2/h5,8-10H,3-4,6-7H2,1-2H3/t8?,9-,10-,11+,12?/m0/s1. The molecule has 0 aromatic heterocycles. The van der Waals surface area contributed by atoms with Gasteiger partial charge in [-0.1, -0.05) is 13.8 Å². The Hall–Kier alpha value is -0.330. The molecule has 4 saturated carbocycles. The van der Waals surface area contributed by atoms with Gasteiger partial charge in [0, 0.05) is 6.42 Å². The van der Waals surface area contributed by atoms with Crippen LogP contribution >= 0.6 is 0 Å². The van der Waals surface area contributed by atoms with E-state index in [1.807, 2.05) is 0 Å². The molecule has 0 aromatic carbocycles. The summed E-state index contributed by atoms with van der Waals surface area (Å²) >= 11 is 0. The monoisotopic (exact) mass is 178 g/mol. The smallest absolute Gasteiger partial charge is 0.120 e. The van der Waals surface area contributed by atoms with Crippen molar-refractivity contribution in [2.24, 2.45) is 28.6 Å². The Labute approximate surface area is 79.9 Å². The Balaban J connectivity index is 1.88. The fraction of sp³-hybridized carbons (Fsp3) is 0.917. The summed E-state index contributed by atoms with van der Waals surface area (Å²) in [5.74, 6) is 3.02. The molecule has 4 aliphatic carbocycles. The molecule has 0 unspecified atom stereocenters. The number of aldehydes is 1. The third-order valence-electron chi connectivity index (χ3n) is 5.91. The molecular weight excluding hydrogens is 160 g/mol. The van der Waals surface area contributed by atoms with Crippen LogP contribution in [0.1, 0.15) is 39.5 Å². The second-order valence-electron chi connectivity index (χ2n) is 5.79. The third kappa shape index (κ3) is 0.628. The second-order valence-corrected chi connectivity index (χ2v) is 5.79. The van der Waals surface area contributed by atoms with Gasteiger partial charge in [0.15, 0.2) is 0 Å². The van der Waals surface area contributed by atoms with Crippen LogP contribution in [0.5, 0.6) is 0 Å². The summed E-state index contributed by atoms with van der Waals surface area (Å²) in [6.07, 6.45) is 5.96. The highest BCUT2D eigenvalue weighted by atomic mass is 16.1. The van der Waals surface area contributed by atoms with Crippen LogP contribution in [-0.2, 0) is 4.79 Å². The van der Waals surface area contributed by atoms with Crippen molar-refractivity contribution >= 4 is 6.29 Å². The molecule has 72 valence electrons. The van der Waals surface area contributed by atoms with E-state index in [4.69, 9.17) is 0 Å². The lowest BCUT2D eigenvalue weighted by Gasteiger charge is -2.33. The first-order valence-electron chi connectivity index (χ1n) is 5.58. The fourth-order valence-electron chi connectivity index (χ4n) is 4.86. The van der Waals surface area contributed by atoms with Crippen LogP contribution in [0.2, 0.25) is 0 Å². The van der Waals surface area contributed by atoms with Crippen LogP contribution in [0.4, 0.5) is 0 Å². The minimum Gasteiger partial charge on any atom is -0.303 e. The van der Waals surface area contributed by atoms with Crippen molar-refractivity contribution in [2.45, 2.75) is 39.5 Å². The lowest BCUT2D eigenvalue weighted by atomic mass is 9.71. The van der Waals surface area contributed by atoms with Gasteiger partial charge in [0.25, 0.3) is 0 Å². The highest BCUT2D eigenvalue weighted by molar-refractivity contribution is 5.49. The van der Waals surface area contributed by atoms with Crippen LogP contribution in [0.3, 0.4) is 0 Å². The average Bonchev–Trinajstić information content (AvgIpc) is 2.54. The molecule has 0 spiro atoms. The lowest BCUT2D eigenvalue weighted by Crippen LogP contribution is -2.27. The third-order valence-corrected chi connectivity index (χ3v) is 5.91. The van der Waals surface area contributed by atoms with E-state index in [1.165, 1.54) is 12.8 Å². The van der Waals surface area contributed by atoms with Gasteiger partial charge >= 0.3 is 0 Å². The zero-order valence-corrected chi connectivity index (χ0v) is 8.55. The van der Waals surface area contributed by atoms with E-state index < -0.39 is 0 Å². The molecule has 4 fully saturated rings. The molecule has 4 aliphatic rings. The summed E-state index contributed by atoms with van der Waals surface area (Å²) in [4.78, 5) is 10.4. The summed E-state index contributed by atoms with van der Waals surface area (Å²) < 4.78 is 0. The van der Waals surface area contributed by atoms with Gasteiger partial charge in [-0.15, -0.1) is 0 Å². The maximum Gasteiger partial charge on any atom is 0.120 e. The highest BCUT2D eigenvalue weighted by Gasteiger charge is 2.80. The molecule has 1 heteroatoms. The summed E-state index contributed by atoms with van der Waals surface area (Å²) in [7, 11) is 0. The van der Waals surface area contributed by atoms with Gasteiger partial charge in [-0.2, -0.15) is 0 Å². The van der Waals surface area contributed by atoms with Gasteiger partial charge in [0.2, 0.25) is 0 Å². The maximum atomic E-state index is 10.4. The molecule has 0 saturated heterocycles. The summed E-state index contributed by atoms with van der Waals surface area (Å²) in [6, 6.07) is 0. The minimum absolute atomic E-state index is 0.517. The predicted octanol–water partition coefficient (Wildman–Crippen LogP) is 2.65. The largest absolute Gasteiger partial charge is 0.303 e. The van der Waals surface area contributed by atoms with Crippen molar-refractivity contribution in [2.75, 3.05) is 0 Å². The molecule has 0 aliphatic heterocycles. The molecule has 0 N–H and O–H groups in total. The SMILES string of the molecule is CC12[C@H]3CC(C[C@@H]31)[C@@]2(C)CCC=O. The van der Waals surface area contributed by atoms with Gasteiger partial charge < -0.3 is 4.79 Å². The average molecular weight is 178 g/mol. The Morgan fingerprint density at radius 2 is 1.92 bits per heavy atom. The van der Waals surface area contributed by atoms with Crippen LogP contribution in [-0.4, -0.2) is 6.29 Å². The maximum absolute atomic E-state index is 10.4. The van der Waals surface area contributed by atoms with Crippen molar-refractivity contribution in [1.29, 1.82) is 0 Å². The Morgan fingerprint density at radius 3 is 2.31 bits per heavy atom. The summed E-state index contributed by atoms with van der Waals surface area (Å²) in [5, 5.41) is 0. The van der Waals surface area contributed by atoms with E-state index >= 15 is 0 Å². The molecule has 0 amide bonds. The van der Waals surface area contributed by atoms with Crippen molar-refractivity contribution < 1.29 is 4.79 Å². The molecule has 3 atom stereocenters. The molecule has 0 radical (unpaired) electrons. The number of carbonyl (C=O) groups is 1. The Bertz CT molecular complexity index is 258. The van der Waals surface area contributed by atoms with Crippen molar-refractivity contribution in [1.82, 2.24) is 0 Å². The molecule has 0 heterocycles. The topological polar surface area (TPSA) is 17.1 Å². The molecule has 1 nitrogen and oxygen atoms in total. The molecular formula is C12H18O. The summed E-state index contributed by atoms with van der Waals surface area (Å²) in [5.41, 5.74) is 1.16. The number of rotatable bonds is 3. The van der Waals surface area contributed by atoms with Gasteiger partial charge in [-0.25, -0.2) is 0 Å². The van der Waals surface area contributed by atoms with Crippen LogP contribution in [0.15, 0.2) is 0 Å². The van der Waals surface area contributed by atoms with Crippen molar-refractivity contribution in [3.8, 4) is 0 Å². The molecule has 0 aromatic rings. The molecule has 4 rings (SSSR count). The van der Waals surface area contributed by atoms with E-state index in [-0.39, 0.29) is 0 Å². The number of carbonyl (C=O) groups excluding carboxylic acids is 1. The molecule has 13 heavy (non-hydrogen) atoms. The minimum atomic E-state index is 0.517. The lowest BCUT2D eigenvalue weighted by molar-refractivity contribution is -0.108.